The first kappa shape index (κ1) is 18.1. The Labute approximate surface area is 145 Å². The molecule has 0 bridgehead atoms. The van der Waals surface area contributed by atoms with Crippen molar-refractivity contribution >= 4 is 17.8 Å². The number of nitrogens with one attached hydrogen (secondary N) is 1. The Bertz CT molecular complexity index is 785. The highest BCUT2D eigenvalue weighted by atomic mass is 16.6. The van der Waals surface area contributed by atoms with Crippen molar-refractivity contribution in [3.63, 3.8) is 0 Å². The fourth-order valence-electron chi connectivity index (χ4n) is 2.09. The van der Waals surface area contributed by atoms with Crippen LogP contribution in [0.2, 0.25) is 0 Å². The number of carbonyl (C=O) groups is 1. The summed E-state index contributed by atoms with van der Waals surface area (Å²) in [5.74, 6) is -0.457. The number of benzene rings is 2. The normalized spacial score (nSPS) is 10.6. The van der Waals surface area contributed by atoms with Crippen LogP contribution in [0.3, 0.4) is 0 Å². The van der Waals surface area contributed by atoms with Crippen molar-refractivity contribution in [1.29, 1.82) is 0 Å². The van der Waals surface area contributed by atoms with E-state index < -0.39 is 10.8 Å². The van der Waals surface area contributed by atoms with E-state index in [4.69, 9.17) is 4.74 Å². The first-order chi connectivity index (χ1) is 12.0. The Balaban J connectivity index is 1.88. The van der Waals surface area contributed by atoms with E-state index in [2.05, 4.69) is 17.5 Å². The van der Waals surface area contributed by atoms with Crippen LogP contribution in [-0.2, 0) is 11.2 Å². The molecule has 7 heteroatoms. The summed E-state index contributed by atoms with van der Waals surface area (Å²) in [6, 6.07) is 12.3. The molecule has 0 radical (unpaired) electrons. The molecular weight excluding hydrogens is 322 g/mol. The molecule has 0 spiro atoms. The monoisotopic (exact) mass is 341 g/mol. The summed E-state index contributed by atoms with van der Waals surface area (Å²) in [6.45, 7) is 3.45. The van der Waals surface area contributed by atoms with Crippen LogP contribution in [0.1, 0.15) is 23.6 Å². The van der Waals surface area contributed by atoms with Gasteiger partial charge < -0.3 is 4.74 Å². The molecule has 7 nitrogen and oxygen atoms in total. The lowest BCUT2D eigenvalue weighted by Crippen LogP contribution is -2.24. The number of hydrogen-bond acceptors (Lipinski definition) is 5. The molecule has 0 fully saturated rings. The van der Waals surface area contributed by atoms with Gasteiger partial charge in [0.15, 0.2) is 12.4 Å². The van der Waals surface area contributed by atoms with E-state index in [0.29, 0.717) is 0 Å². The lowest BCUT2D eigenvalue weighted by molar-refractivity contribution is -0.385. The highest BCUT2D eigenvalue weighted by Gasteiger charge is 2.16. The van der Waals surface area contributed by atoms with E-state index in [1.807, 2.05) is 24.3 Å². The molecule has 1 N–H and O–H groups in total. The minimum Gasteiger partial charge on any atom is -0.477 e. The number of carbonyl (C=O) groups excluding carboxylic acids is 1. The van der Waals surface area contributed by atoms with Crippen molar-refractivity contribution in [3.05, 3.63) is 69.3 Å². The third kappa shape index (κ3) is 5.42. The number of nitro groups is 1. The van der Waals surface area contributed by atoms with Crippen molar-refractivity contribution in [2.75, 3.05) is 6.61 Å². The minimum absolute atomic E-state index is 0.0462. The smallest absolute Gasteiger partial charge is 0.311 e. The summed E-state index contributed by atoms with van der Waals surface area (Å²) in [5.41, 5.74) is 4.96. The van der Waals surface area contributed by atoms with Gasteiger partial charge in [0.05, 0.1) is 11.1 Å². The van der Waals surface area contributed by atoms with E-state index in [-0.39, 0.29) is 18.0 Å². The van der Waals surface area contributed by atoms with Gasteiger partial charge in [-0.2, -0.15) is 5.10 Å². The summed E-state index contributed by atoms with van der Waals surface area (Å²) in [6.07, 6.45) is 2.47. The Morgan fingerprint density at radius 3 is 2.64 bits per heavy atom. The second-order valence-electron chi connectivity index (χ2n) is 5.41. The van der Waals surface area contributed by atoms with E-state index in [9.17, 15) is 14.9 Å². The topological polar surface area (TPSA) is 93.8 Å². The molecule has 0 unspecified atom stereocenters. The van der Waals surface area contributed by atoms with Gasteiger partial charge in [-0.3, -0.25) is 14.9 Å². The van der Waals surface area contributed by atoms with Crippen LogP contribution in [0.5, 0.6) is 5.75 Å². The molecule has 130 valence electrons. The zero-order chi connectivity index (χ0) is 18.2. The van der Waals surface area contributed by atoms with Gasteiger partial charge in [0.25, 0.3) is 5.91 Å². The molecule has 2 rings (SSSR count). The number of ether oxygens (including phenoxy) is 1. The number of amides is 1. The van der Waals surface area contributed by atoms with Gasteiger partial charge in [0.2, 0.25) is 0 Å². The average molecular weight is 341 g/mol. The van der Waals surface area contributed by atoms with Crippen LogP contribution in [0, 0.1) is 17.0 Å². The third-order valence-corrected chi connectivity index (χ3v) is 3.46. The zero-order valence-corrected chi connectivity index (χ0v) is 14.1. The van der Waals surface area contributed by atoms with Crippen LogP contribution in [0.25, 0.3) is 0 Å². The predicted molar refractivity (Wildman–Crippen MR) is 94.9 cm³/mol. The Hall–Kier alpha value is -3.22. The highest BCUT2D eigenvalue weighted by Crippen LogP contribution is 2.27. The quantitative estimate of drug-likeness (QED) is 0.476. The number of hydrogen-bond donors (Lipinski definition) is 1. The van der Waals surface area contributed by atoms with Crippen molar-refractivity contribution in [2.45, 2.75) is 20.3 Å². The largest absolute Gasteiger partial charge is 0.477 e. The fourth-order valence-corrected chi connectivity index (χ4v) is 2.09. The van der Waals surface area contributed by atoms with Gasteiger partial charge >= 0.3 is 5.69 Å². The molecule has 0 aliphatic heterocycles. The molecule has 0 atom stereocenters. The molecule has 25 heavy (non-hydrogen) atoms. The number of nitro benzene ring substituents is 1. The summed E-state index contributed by atoms with van der Waals surface area (Å²) >= 11 is 0. The number of rotatable bonds is 7. The second-order valence-corrected chi connectivity index (χ2v) is 5.41. The molecular formula is C18H19N3O4. The number of nitrogens with zero attached hydrogens (tertiary/aromatic N) is 2. The maximum Gasteiger partial charge on any atom is 0.311 e. The third-order valence-electron chi connectivity index (χ3n) is 3.46. The van der Waals surface area contributed by atoms with E-state index in [1.165, 1.54) is 23.9 Å². The van der Waals surface area contributed by atoms with E-state index >= 15 is 0 Å². The number of aryl methyl sites for hydroxylation is 2. The molecule has 0 saturated heterocycles. The van der Waals surface area contributed by atoms with Gasteiger partial charge in [0.1, 0.15) is 0 Å². The van der Waals surface area contributed by atoms with Gasteiger partial charge in [-0.15, -0.1) is 0 Å². The summed E-state index contributed by atoms with van der Waals surface area (Å²) in [4.78, 5) is 22.2. The molecule has 1 amide bonds. The maximum atomic E-state index is 11.7. The Kier molecular flexibility index (Phi) is 6.22. The van der Waals surface area contributed by atoms with Crippen molar-refractivity contribution in [3.8, 4) is 5.75 Å². The molecule has 0 aliphatic carbocycles. The molecule has 0 heterocycles. The molecule has 2 aromatic rings. The lowest BCUT2D eigenvalue weighted by Gasteiger charge is -2.06. The van der Waals surface area contributed by atoms with Gasteiger partial charge in [0, 0.05) is 6.07 Å². The van der Waals surface area contributed by atoms with Crippen molar-refractivity contribution in [2.24, 2.45) is 5.10 Å². The van der Waals surface area contributed by atoms with Crippen molar-refractivity contribution in [1.82, 2.24) is 5.43 Å². The Morgan fingerprint density at radius 1 is 1.28 bits per heavy atom. The molecule has 0 saturated carbocycles. The Morgan fingerprint density at radius 2 is 2.00 bits per heavy atom. The highest BCUT2D eigenvalue weighted by molar-refractivity contribution is 5.83. The van der Waals surface area contributed by atoms with Gasteiger partial charge in [-0.1, -0.05) is 37.3 Å². The standard InChI is InChI=1S/C18H19N3O4/c1-3-14-5-7-15(8-6-14)11-19-20-18(22)12-25-17-9-4-13(2)10-16(17)21(23)24/h4-11H,3,12H2,1-2H3,(H,20,22)/b19-11+. The number of hydrazone groups is 1. The fraction of sp³-hybridized carbons (Fsp3) is 0.222. The first-order valence-corrected chi connectivity index (χ1v) is 7.78. The summed E-state index contributed by atoms with van der Waals surface area (Å²) in [7, 11) is 0. The van der Waals surface area contributed by atoms with Gasteiger partial charge in [-0.05, 0) is 36.1 Å². The second kappa shape index (κ2) is 8.58. The zero-order valence-electron chi connectivity index (χ0n) is 14.1. The summed E-state index contributed by atoms with van der Waals surface area (Å²) < 4.78 is 5.22. The van der Waals surface area contributed by atoms with E-state index in [1.54, 1.807) is 13.0 Å². The van der Waals surface area contributed by atoms with Crippen LogP contribution in [0.4, 0.5) is 5.69 Å². The van der Waals surface area contributed by atoms with E-state index in [0.717, 1.165) is 17.5 Å². The van der Waals surface area contributed by atoms with Crippen molar-refractivity contribution < 1.29 is 14.5 Å². The first-order valence-electron chi connectivity index (χ1n) is 7.78. The average Bonchev–Trinajstić information content (AvgIpc) is 2.61. The van der Waals surface area contributed by atoms with Crippen LogP contribution >= 0.6 is 0 Å². The lowest BCUT2D eigenvalue weighted by atomic mass is 10.1. The van der Waals surface area contributed by atoms with Crippen LogP contribution in [0.15, 0.2) is 47.6 Å². The predicted octanol–water partition coefficient (Wildman–Crippen LogP) is 2.99. The summed E-state index contributed by atoms with van der Waals surface area (Å²) in [5, 5.41) is 14.8. The van der Waals surface area contributed by atoms with Crippen LogP contribution < -0.4 is 10.2 Å². The molecule has 2 aromatic carbocycles. The molecule has 0 aromatic heterocycles. The molecule has 0 aliphatic rings. The van der Waals surface area contributed by atoms with Gasteiger partial charge in [-0.25, -0.2) is 5.43 Å². The maximum absolute atomic E-state index is 11.7. The van der Waals surface area contributed by atoms with Crippen LogP contribution in [-0.4, -0.2) is 23.7 Å². The SMILES string of the molecule is CCc1ccc(/C=N/NC(=O)COc2ccc(C)cc2[N+](=O)[O-])cc1. The minimum atomic E-state index is -0.543.